The molecule has 0 aromatic heterocycles. The number of hydrogen-bond acceptors (Lipinski definition) is 2. The zero-order valence-corrected chi connectivity index (χ0v) is 18.6. The molecule has 156 valence electrons. The number of rotatable bonds is 6. The van der Waals surface area contributed by atoms with Crippen molar-refractivity contribution in [3.05, 3.63) is 60.7 Å². The Kier molecular flexibility index (Phi) is 4.95. The van der Waals surface area contributed by atoms with Crippen LogP contribution < -0.4 is 10.6 Å². The van der Waals surface area contributed by atoms with Gasteiger partial charge in [0.05, 0.1) is 6.04 Å². The van der Waals surface area contributed by atoms with Gasteiger partial charge >= 0.3 is 0 Å². The van der Waals surface area contributed by atoms with Gasteiger partial charge in [-0.15, -0.1) is 0 Å². The molecule has 3 heteroatoms. The van der Waals surface area contributed by atoms with Crippen LogP contribution in [-0.2, 0) is 4.74 Å². The molecule has 1 unspecified atom stereocenters. The fraction of sp³-hybridized carbons (Fsp3) is 0.519. The molecule has 5 aliphatic rings. The molecule has 4 aliphatic carbocycles. The summed E-state index contributed by atoms with van der Waals surface area (Å²) in [4.78, 5) is 5.24. The van der Waals surface area contributed by atoms with Gasteiger partial charge in [-0.1, -0.05) is 60.7 Å². The van der Waals surface area contributed by atoms with Gasteiger partial charge < -0.3 is 4.74 Å². The van der Waals surface area contributed by atoms with E-state index in [1.54, 1.807) is 0 Å². The molecular formula is C27H32NOP. The minimum atomic E-state index is -0.333. The van der Waals surface area contributed by atoms with Gasteiger partial charge in [-0.25, -0.2) is 4.99 Å². The van der Waals surface area contributed by atoms with Crippen LogP contribution in [0.3, 0.4) is 0 Å². The summed E-state index contributed by atoms with van der Waals surface area (Å²) in [5.74, 6) is 4.01. The molecule has 30 heavy (non-hydrogen) atoms. The largest absolute Gasteiger partial charge is 0.478 e. The highest BCUT2D eigenvalue weighted by atomic mass is 31.1. The highest BCUT2D eigenvalue weighted by Crippen LogP contribution is 2.61. The van der Waals surface area contributed by atoms with E-state index in [0.717, 1.165) is 36.7 Å². The molecule has 1 atom stereocenters. The number of hydrogen-bond donors (Lipinski definition) is 0. The predicted octanol–water partition coefficient (Wildman–Crippen LogP) is 5.52. The van der Waals surface area contributed by atoms with Crippen LogP contribution in [0.15, 0.2) is 65.7 Å². The van der Waals surface area contributed by atoms with E-state index in [-0.39, 0.29) is 7.92 Å². The molecular weight excluding hydrogens is 385 g/mol. The van der Waals surface area contributed by atoms with E-state index >= 15 is 0 Å². The molecule has 0 radical (unpaired) electrons. The number of benzene rings is 2. The van der Waals surface area contributed by atoms with Gasteiger partial charge in [0.15, 0.2) is 5.90 Å². The lowest BCUT2D eigenvalue weighted by Crippen LogP contribution is -2.50. The van der Waals surface area contributed by atoms with E-state index in [4.69, 9.17) is 9.73 Å². The van der Waals surface area contributed by atoms with E-state index in [0.29, 0.717) is 11.5 Å². The zero-order valence-electron chi connectivity index (χ0n) is 17.7. The molecule has 4 bridgehead atoms. The van der Waals surface area contributed by atoms with Gasteiger partial charge in [0.1, 0.15) is 6.61 Å². The fourth-order valence-electron chi connectivity index (χ4n) is 7.13. The summed E-state index contributed by atoms with van der Waals surface area (Å²) in [5, 5.41) is 2.95. The van der Waals surface area contributed by atoms with Gasteiger partial charge in [0.25, 0.3) is 0 Å². The molecule has 4 saturated carbocycles. The average Bonchev–Trinajstić information content (AvgIpc) is 3.25. The summed E-state index contributed by atoms with van der Waals surface area (Å²) >= 11 is 0. The van der Waals surface area contributed by atoms with E-state index in [9.17, 15) is 0 Å². The van der Waals surface area contributed by atoms with Crippen LogP contribution in [0.1, 0.15) is 44.9 Å². The van der Waals surface area contributed by atoms with Gasteiger partial charge in [-0.2, -0.15) is 0 Å². The van der Waals surface area contributed by atoms with Crippen molar-refractivity contribution in [3.63, 3.8) is 0 Å². The van der Waals surface area contributed by atoms with Gasteiger partial charge in [-0.05, 0) is 87.4 Å². The van der Waals surface area contributed by atoms with Crippen LogP contribution >= 0.6 is 7.92 Å². The molecule has 2 aromatic rings. The Morgan fingerprint density at radius 1 is 0.800 bits per heavy atom. The molecule has 7 rings (SSSR count). The van der Waals surface area contributed by atoms with Crippen LogP contribution in [-0.4, -0.2) is 24.7 Å². The van der Waals surface area contributed by atoms with Gasteiger partial charge in [0, 0.05) is 5.41 Å². The van der Waals surface area contributed by atoms with Crippen molar-refractivity contribution in [1.82, 2.24) is 0 Å². The van der Waals surface area contributed by atoms with Crippen LogP contribution in [0.5, 0.6) is 0 Å². The Labute approximate surface area is 181 Å². The lowest BCUT2D eigenvalue weighted by molar-refractivity contribution is -0.0226. The maximum absolute atomic E-state index is 6.35. The third kappa shape index (κ3) is 3.52. The molecule has 0 saturated heterocycles. The van der Waals surface area contributed by atoms with Crippen molar-refractivity contribution in [1.29, 1.82) is 0 Å². The predicted molar refractivity (Wildman–Crippen MR) is 126 cm³/mol. The molecule has 2 nitrogen and oxygen atoms in total. The van der Waals surface area contributed by atoms with Crippen molar-refractivity contribution >= 4 is 24.4 Å². The summed E-state index contributed by atoms with van der Waals surface area (Å²) in [5.41, 5.74) is 0.313. The second-order valence-corrected chi connectivity index (χ2v) is 12.5. The maximum Gasteiger partial charge on any atom is 0.190 e. The summed E-state index contributed by atoms with van der Waals surface area (Å²) in [6.45, 7) is 0.809. The monoisotopic (exact) mass is 417 g/mol. The second-order valence-electron chi connectivity index (χ2n) is 10.2. The highest BCUT2D eigenvalue weighted by Gasteiger charge is 2.55. The molecule has 1 heterocycles. The Morgan fingerprint density at radius 2 is 1.33 bits per heavy atom. The third-order valence-corrected chi connectivity index (χ3v) is 10.6. The van der Waals surface area contributed by atoms with Crippen molar-refractivity contribution < 1.29 is 4.74 Å². The summed E-state index contributed by atoms with van der Waals surface area (Å²) in [7, 11) is -0.333. The zero-order chi connectivity index (χ0) is 20.0. The standard InChI is InChI=1S/C27H32NOP/c1-3-7-24(8-4-1)30(25-9-5-2-6-10-25)12-11-23-19-29-26(28-23)27-16-20-13-21(17-27)15-22(14-20)18-27/h1-10,20-23H,11-19H2. The van der Waals surface area contributed by atoms with Crippen LogP contribution in [0.4, 0.5) is 0 Å². The maximum atomic E-state index is 6.35. The lowest BCUT2D eigenvalue weighted by atomic mass is 9.49. The molecule has 1 aliphatic heterocycles. The Morgan fingerprint density at radius 3 is 1.87 bits per heavy atom. The van der Waals surface area contributed by atoms with Crippen LogP contribution in [0, 0.1) is 23.2 Å². The van der Waals surface area contributed by atoms with Crippen molar-refractivity contribution in [2.45, 2.75) is 51.0 Å². The normalized spacial score (nSPS) is 34.2. The highest BCUT2D eigenvalue weighted by molar-refractivity contribution is 7.73. The smallest absolute Gasteiger partial charge is 0.190 e. The van der Waals surface area contributed by atoms with E-state index in [1.165, 1.54) is 55.3 Å². The Balaban J connectivity index is 1.18. The second kappa shape index (κ2) is 7.79. The van der Waals surface area contributed by atoms with Gasteiger partial charge in [0.2, 0.25) is 0 Å². The SMILES string of the molecule is c1ccc(P(CCC2COC(C34CC5CC(CC(C5)C3)C4)=N2)c2ccccc2)cc1. The fourth-order valence-corrected chi connectivity index (χ4v) is 9.56. The minimum absolute atomic E-state index is 0.313. The first-order valence-corrected chi connectivity index (χ1v) is 13.4. The number of nitrogens with zero attached hydrogens (tertiary/aromatic N) is 1. The molecule has 2 aromatic carbocycles. The topological polar surface area (TPSA) is 21.6 Å². The summed E-state index contributed by atoms with van der Waals surface area (Å²) in [6, 6.07) is 22.5. The van der Waals surface area contributed by atoms with Gasteiger partial charge in [-0.3, -0.25) is 0 Å². The van der Waals surface area contributed by atoms with Crippen molar-refractivity contribution in [2.24, 2.45) is 28.2 Å². The van der Waals surface area contributed by atoms with E-state index in [1.807, 2.05) is 0 Å². The van der Waals surface area contributed by atoms with Crippen molar-refractivity contribution in [2.75, 3.05) is 12.8 Å². The molecule has 0 spiro atoms. The number of aliphatic imine (C=N–C) groups is 1. The quantitative estimate of drug-likeness (QED) is 0.567. The van der Waals surface area contributed by atoms with Crippen LogP contribution in [0.25, 0.3) is 0 Å². The average molecular weight is 418 g/mol. The molecule has 0 amide bonds. The Bertz CT molecular complexity index is 834. The molecule has 0 N–H and O–H groups in total. The van der Waals surface area contributed by atoms with E-state index < -0.39 is 0 Å². The first-order valence-electron chi connectivity index (χ1n) is 11.9. The first-order chi connectivity index (χ1) is 14.8. The van der Waals surface area contributed by atoms with E-state index in [2.05, 4.69) is 60.7 Å². The molecule has 4 fully saturated rings. The summed E-state index contributed by atoms with van der Waals surface area (Å²) < 4.78 is 6.35. The Hall–Kier alpha value is -1.66. The van der Waals surface area contributed by atoms with Crippen LogP contribution in [0.2, 0.25) is 0 Å². The lowest BCUT2D eigenvalue weighted by Gasteiger charge is -2.56. The van der Waals surface area contributed by atoms with Crippen molar-refractivity contribution in [3.8, 4) is 0 Å². The first kappa shape index (κ1) is 19.1. The number of ether oxygens (including phenoxy) is 1. The summed E-state index contributed by atoms with van der Waals surface area (Å²) in [6.07, 6.45) is 10.8. The third-order valence-electron chi connectivity index (χ3n) is 8.03. The minimum Gasteiger partial charge on any atom is -0.478 e.